The molecule has 7 nitrogen and oxygen atoms in total. The van der Waals surface area contributed by atoms with Crippen LogP contribution in [0.3, 0.4) is 0 Å². The second-order valence-electron chi connectivity index (χ2n) is 4.60. The Kier molecular flexibility index (Phi) is 7.36. The molecule has 118 valence electrons. The van der Waals surface area contributed by atoms with Gasteiger partial charge in [0.05, 0.1) is 7.11 Å². The topological polar surface area (TPSA) is 94.1 Å². The maximum absolute atomic E-state index is 11.6. The van der Waals surface area contributed by atoms with Gasteiger partial charge < -0.3 is 14.8 Å². The Hall–Kier alpha value is -2.66. The van der Waals surface area contributed by atoms with Crippen molar-refractivity contribution in [2.45, 2.75) is 32.0 Å². The Morgan fingerprint density at radius 3 is 2.59 bits per heavy atom. The lowest BCUT2D eigenvalue weighted by molar-refractivity contribution is -0.142. The van der Waals surface area contributed by atoms with Crippen molar-refractivity contribution < 1.29 is 23.9 Å². The fraction of sp³-hybridized carbons (Fsp3) is 0.400. The number of nitrogens with one attached hydrogen (secondary N) is 1. The van der Waals surface area contributed by atoms with Crippen LogP contribution >= 0.6 is 0 Å². The summed E-state index contributed by atoms with van der Waals surface area (Å²) in [6.45, 7) is 1.81. The van der Waals surface area contributed by atoms with Crippen molar-refractivity contribution in [2.75, 3.05) is 7.11 Å². The minimum Gasteiger partial charge on any atom is -0.467 e. The number of esters is 1. The van der Waals surface area contributed by atoms with Crippen LogP contribution in [0.15, 0.2) is 35.3 Å². The number of carbonyl (C=O) groups is 2. The molecule has 0 aliphatic rings. The van der Waals surface area contributed by atoms with Crippen LogP contribution in [-0.4, -0.2) is 37.3 Å². The molecule has 0 bridgehead atoms. The van der Waals surface area contributed by atoms with Crippen LogP contribution in [0.25, 0.3) is 0 Å². The van der Waals surface area contributed by atoms with E-state index in [4.69, 9.17) is 4.74 Å². The highest BCUT2D eigenvalue weighted by molar-refractivity contribution is 5.77. The molecule has 1 aromatic rings. The maximum Gasteiger partial charge on any atom is 0.407 e. The van der Waals surface area contributed by atoms with E-state index in [0.717, 1.165) is 5.56 Å². The zero-order chi connectivity index (χ0) is 16.4. The van der Waals surface area contributed by atoms with Gasteiger partial charge in [0.25, 0.3) is 0 Å². The number of hydrogen-bond donors (Lipinski definition) is 1. The van der Waals surface area contributed by atoms with Crippen LogP contribution in [0.2, 0.25) is 0 Å². The molecule has 0 radical (unpaired) electrons. The van der Waals surface area contributed by atoms with Gasteiger partial charge in [0.1, 0.15) is 6.61 Å². The molecule has 2 atom stereocenters. The monoisotopic (exact) mass is 306 g/mol. The number of isocyanates is 1. The van der Waals surface area contributed by atoms with Crippen molar-refractivity contribution in [3.63, 3.8) is 0 Å². The molecule has 0 spiro atoms. The normalized spacial score (nSPS) is 12.5. The SMILES string of the molecule is COC(=O)[C@H](CC(C)NC(=O)OCc1ccccc1)N=C=O. The third kappa shape index (κ3) is 6.19. The van der Waals surface area contributed by atoms with E-state index in [9.17, 15) is 14.4 Å². The molecule has 7 heteroatoms. The number of methoxy groups -OCH3 is 1. The number of alkyl carbamates (subject to hydrolysis) is 1. The average molecular weight is 306 g/mol. The van der Waals surface area contributed by atoms with E-state index in [1.165, 1.54) is 13.2 Å². The fourth-order valence-corrected chi connectivity index (χ4v) is 1.76. The molecule has 0 aliphatic carbocycles. The van der Waals surface area contributed by atoms with Gasteiger partial charge in [0, 0.05) is 12.5 Å². The van der Waals surface area contributed by atoms with Crippen molar-refractivity contribution in [3.05, 3.63) is 35.9 Å². The first-order valence-corrected chi connectivity index (χ1v) is 6.68. The quantitative estimate of drug-likeness (QED) is 0.469. The number of aliphatic imine (C=N–C) groups is 1. The summed E-state index contributed by atoms with van der Waals surface area (Å²) in [5.41, 5.74) is 0.864. The highest BCUT2D eigenvalue weighted by Gasteiger charge is 2.22. The third-order valence-electron chi connectivity index (χ3n) is 2.84. The zero-order valence-corrected chi connectivity index (χ0v) is 12.4. The number of nitrogens with zero attached hydrogens (tertiary/aromatic N) is 1. The summed E-state index contributed by atoms with van der Waals surface area (Å²) in [7, 11) is 1.20. The van der Waals surface area contributed by atoms with Gasteiger partial charge in [-0.1, -0.05) is 30.3 Å². The van der Waals surface area contributed by atoms with Crippen LogP contribution in [0.4, 0.5) is 4.79 Å². The summed E-state index contributed by atoms with van der Waals surface area (Å²) in [5, 5.41) is 2.56. The Morgan fingerprint density at radius 2 is 2.00 bits per heavy atom. The van der Waals surface area contributed by atoms with Gasteiger partial charge in [-0.3, -0.25) is 0 Å². The van der Waals surface area contributed by atoms with Crippen LogP contribution < -0.4 is 5.32 Å². The molecule has 22 heavy (non-hydrogen) atoms. The molecular formula is C15H18N2O5. The minimum atomic E-state index is -0.994. The van der Waals surface area contributed by atoms with Gasteiger partial charge in [-0.2, -0.15) is 4.99 Å². The van der Waals surface area contributed by atoms with E-state index in [2.05, 4.69) is 15.0 Å². The molecule has 0 saturated carbocycles. The van der Waals surface area contributed by atoms with E-state index in [0.29, 0.717) is 0 Å². The third-order valence-corrected chi connectivity index (χ3v) is 2.84. The molecule has 1 rings (SSSR count). The Labute approximate surface area is 128 Å². The molecule has 0 fully saturated rings. The largest absolute Gasteiger partial charge is 0.467 e. The van der Waals surface area contributed by atoms with Crippen molar-refractivity contribution in [1.82, 2.24) is 5.32 Å². The van der Waals surface area contributed by atoms with E-state index in [1.807, 2.05) is 30.3 Å². The summed E-state index contributed by atoms with van der Waals surface area (Å²) in [6.07, 6.45) is 0.816. The number of amides is 1. The Morgan fingerprint density at radius 1 is 1.32 bits per heavy atom. The van der Waals surface area contributed by atoms with Gasteiger partial charge in [-0.05, 0) is 12.5 Å². The molecule has 0 saturated heterocycles. The lowest BCUT2D eigenvalue weighted by atomic mass is 10.1. The van der Waals surface area contributed by atoms with E-state index >= 15 is 0 Å². The molecule has 0 aromatic heterocycles. The van der Waals surface area contributed by atoms with Gasteiger partial charge in [0.2, 0.25) is 6.08 Å². The average Bonchev–Trinajstić information content (AvgIpc) is 2.52. The summed E-state index contributed by atoms with van der Waals surface area (Å²) in [5.74, 6) is -0.658. The first-order chi connectivity index (χ1) is 10.6. The molecule has 1 N–H and O–H groups in total. The smallest absolute Gasteiger partial charge is 0.407 e. The number of benzene rings is 1. The first kappa shape index (κ1) is 17.4. The van der Waals surface area contributed by atoms with Gasteiger partial charge in [-0.25, -0.2) is 14.4 Å². The second-order valence-corrected chi connectivity index (χ2v) is 4.60. The summed E-state index contributed by atoms with van der Waals surface area (Å²) < 4.78 is 9.57. The number of rotatable bonds is 7. The summed E-state index contributed by atoms with van der Waals surface area (Å²) in [4.78, 5) is 36.7. The predicted molar refractivity (Wildman–Crippen MR) is 77.8 cm³/mol. The number of hydrogen-bond acceptors (Lipinski definition) is 6. The molecule has 1 unspecified atom stereocenters. The zero-order valence-electron chi connectivity index (χ0n) is 12.4. The van der Waals surface area contributed by atoms with Gasteiger partial charge in [-0.15, -0.1) is 0 Å². The first-order valence-electron chi connectivity index (χ1n) is 6.68. The van der Waals surface area contributed by atoms with Crippen molar-refractivity contribution in [1.29, 1.82) is 0 Å². The standard InChI is InChI=1S/C15H18N2O5/c1-11(8-13(16-10-18)14(19)21-2)17-15(20)22-9-12-6-4-3-5-7-12/h3-7,11,13H,8-9H2,1-2H3,(H,17,20)/t11?,13-/m0/s1. The molecular weight excluding hydrogens is 288 g/mol. The maximum atomic E-state index is 11.6. The lowest BCUT2D eigenvalue weighted by Crippen LogP contribution is -2.37. The highest BCUT2D eigenvalue weighted by Crippen LogP contribution is 2.05. The Balaban J connectivity index is 2.42. The van der Waals surface area contributed by atoms with Crippen LogP contribution in [0.5, 0.6) is 0 Å². The molecule has 1 amide bonds. The second kappa shape index (κ2) is 9.31. The summed E-state index contributed by atoms with van der Waals surface area (Å²) in [6, 6.07) is 7.81. The van der Waals surface area contributed by atoms with Crippen molar-refractivity contribution in [2.24, 2.45) is 4.99 Å². The fourth-order valence-electron chi connectivity index (χ4n) is 1.76. The van der Waals surface area contributed by atoms with Gasteiger partial charge >= 0.3 is 12.1 Å². The van der Waals surface area contributed by atoms with Crippen LogP contribution in [0.1, 0.15) is 18.9 Å². The number of carbonyl (C=O) groups excluding carboxylic acids is 3. The highest BCUT2D eigenvalue weighted by atomic mass is 16.5. The lowest BCUT2D eigenvalue weighted by Gasteiger charge is -2.16. The molecule has 1 aromatic carbocycles. The van der Waals surface area contributed by atoms with Gasteiger partial charge in [0.15, 0.2) is 6.04 Å². The number of ether oxygens (including phenoxy) is 2. The van der Waals surface area contributed by atoms with Crippen molar-refractivity contribution in [3.8, 4) is 0 Å². The molecule has 0 heterocycles. The van der Waals surface area contributed by atoms with E-state index in [1.54, 1.807) is 6.92 Å². The predicted octanol–water partition coefficient (Wildman–Crippen LogP) is 1.57. The minimum absolute atomic E-state index is 0.113. The van der Waals surface area contributed by atoms with Crippen LogP contribution in [-0.2, 0) is 25.7 Å². The summed E-state index contributed by atoms with van der Waals surface area (Å²) >= 11 is 0. The van der Waals surface area contributed by atoms with E-state index in [-0.39, 0.29) is 13.0 Å². The van der Waals surface area contributed by atoms with E-state index < -0.39 is 24.1 Å². The molecule has 0 aliphatic heterocycles. The van der Waals surface area contributed by atoms with Crippen LogP contribution in [0, 0.1) is 0 Å². The van der Waals surface area contributed by atoms with Crippen molar-refractivity contribution >= 4 is 18.1 Å². The Bertz CT molecular complexity index is 540.